The van der Waals surface area contributed by atoms with Gasteiger partial charge >= 0.3 is 0 Å². The molecule has 0 unspecified atom stereocenters. The van der Waals surface area contributed by atoms with E-state index in [-0.39, 0.29) is 10.6 Å². The molecule has 0 amide bonds. The molecule has 8 heteroatoms. The summed E-state index contributed by atoms with van der Waals surface area (Å²) in [5.74, 6) is 0. The Bertz CT molecular complexity index is 946. The molecule has 2 rings (SSSR count). The minimum Gasteiger partial charge on any atom is -0.282 e. The van der Waals surface area contributed by atoms with Crippen LogP contribution in [0.3, 0.4) is 0 Å². The molecular formula is C15H17NO5S2. The third-order valence-electron chi connectivity index (χ3n) is 3.29. The van der Waals surface area contributed by atoms with E-state index in [1.165, 1.54) is 18.2 Å². The molecule has 0 fully saturated rings. The Morgan fingerprint density at radius 3 is 1.96 bits per heavy atom. The summed E-state index contributed by atoms with van der Waals surface area (Å²) < 4.78 is 59.6. The Balaban J connectivity index is 2.58. The molecule has 0 aromatic heterocycles. The number of nitrogens with one attached hydrogen (secondary N) is 1. The zero-order chi connectivity index (χ0) is 17.4. The first kappa shape index (κ1) is 17.5. The van der Waals surface area contributed by atoms with Crippen molar-refractivity contribution in [3.8, 4) is 0 Å². The summed E-state index contributed by atoms with van der Waals surface area (Å²) >= 11 is 0. The number of sulfonamides is 1. The van der Waals surface area contributed by atoms with Crippen LogP contribution in [-0.2, 0) is 20.1 Å². The zero-order valence-electron chi connectivity index (χ0n) is 12.9. The summed E-state index contributed by atoms with van der Waals surface area (Å²) in [6.45, 7) is 5.04. The Labute approximate surface area is 136 Å². The minimum absolute atomic E-state index is 0.00404. The molecule has 0 aliphatic carbocycles. The van der Waals surface area contributed by atoms with Gasteiger partial charge in [0.05, 0.1) is 10.6 Å². The van der Waals surface area contributed by atoms with Gasteiger partial charge in [-0.05, 0) is 50.1 Å². The third kappa shape index (κ3) is 3.90. The highest BCUT2D eigenvalue weighted by Gasteiger charge is 2.23. The number of anilines is 1. The van der Waals surface area contributed by atoms with Crippen molar-refractivity contribution in [3.63, 3.8) is 0 Å². The number of aryl methyl sites for hydroxylation is 3. The second-order valence-corrected chi connectivity index (χ2v) is 8.42. The highest BCUT2D eigenvalue weighted by Crippen LogP contribution is 2.29. The van der Waals surface area contributed by atoms with E-state index in [9.17, 15) is 21.4 Å². The predicted molar refractivity (Wildman–Crippen MR) is 87.7 cm³/mol. The summed E-state index contributed by atoms with van der Waals surface area (Å²) in [5.41, 5.74) is 1.73. The molecule has 23 heavy (non-hydrogen) atoms. The molecule has 0 aliphatic heterocycles. The fourth-order valence-electron chi connectivity index (χ4n) is 2.17. The smallest absolute Gasteiger partial charge is 0.282 e. The van der Waals surface area contributed by atoms with E-state index >= 15 is 0 Å². The fraction of sp³-hybridized carbons (Fsp3) is 0.200. The van der Waals surface area contributed by atoms with Gasteiger partial charge in [-0.15, -0.1) is 0 Å². The van der Waals surface area contributed by atoms with Gasteiger partial charge in [-0.25, -0.2) is 8.42 Å². The average Bonchev–Trinajstić information content (AvgIpc) is 2.41. The Morgan fingerprint density at radius 2 is 1.43 bits per heavy atom. The minimum atomic E-state index is -4.57. The van der Waals surface area contributed by atoms with Crippen LogP contribution in [0.1, 0.15) is 16.7 Å². The largest absolute Gasteiger partial charge is 0.296 e. The van der Waals surface area contributed by atoms with Crippen LogP contribution < -0.4 is 4.72 Å². The van der Waals surface area contributed by atoms with Gasteiger partial charge in [0.15, 0.2) is 0 Å². The zero-order valence-corrected chi connectivity index (χ0v) is 14.5. The fourth-order valence-corrected chi connectivity index (χ4v) is 4.19. The van der Waals surface area contributed by atoms with E-state index in [0.717, 1.165) is 5.56 Å². The summed E-state index contributed by atoms with van der Waals surface area (Å²) in [4.78, 5) is -0.463. The van der Waals surface area contributed by atoms with Gasteiger partial charge in [0.25, 0.3) is 20.1 Å². The molecule has 0 aliphatic rings. The topological polar surface area (TPSA) is 101 Å². The molecule has 124 valence electrons. The lowest BCUT2D eigenvalue weighted by molar-refractivity contribution is 0.483. The molecule has 2 aromatic carbocycles. The molecule has 0 saturated heterocycles. The van der Waals surface area contributed by atoms with Crippen molar-refractivity contribution in [2.45, 2.75) is 30.6 Å². The van der Waals surface area contributed by atoms with Gasteiger partial charge < -0.3 is 0 Å². The lowest BCUT2D eigenvalue weighted by atomic mass is 10.1. The van der Waals surface area contributed by atoms with Crippen molar-refractivity contribution in [3.05, 3.63) is 53.1 Å². The second-order valence-electron chi connectivity index (χ2n) is 5.35. The normalized spacial score (nSPS) is 12.2. The van der Waals surface area contributed by atoms with Crippen LogP contribution in [0.2, 0.25) is 0 Å². The quantitative estimate of drug-likeness (QED) is 0.821. The van der Waals surface area contributed by atoms with Crippen molar-refractivity contribution in [2.75, 3.05) is 4.72 Å². The first-order valence-corrected chi connectivity index (χ1v) is 9.61. The van der Waals surface area contributed by atoms with E-state index in [4.69, 9.17) is 0 Å². The van der Waals surface area contributed by atoms with Gasteiger partial charge in [-0.2, -0.15) is 8.42 Å². The van der Waals surface area contributed by atoms with Gasteiger partial charge in [0, 0.05) is 0 Å². The van der Waals surface area contributed by atoms with E-state index in [1.54, 1.807) is 32.0 Å². The number of rotatable bonds is 4. The summed E-state index contributed by atoms with van der Waals surface area (Å²) in [6, 6.07) is 8.97. The van der Waals surface area contributed by atoms with Crippen LogP contribution in [0.15, 0.2) is 46.2 Å². The first-order valence-electron chi connectivity index (χ1n) is 6.69. The summed E-state index contributed by atoms with van der Waals surface area (Å²) in [6.07, 6.45) is 0. The van der Waals surface area contributed by atoms with Gasteiger partial charge in [-0.1, -0.05) is 23.8 Å². The predicted octanol–water partition coefficient (Wildman–Crippen LogP) is 2.66. The van der Waals surface area contributed by atoms with Crippen molar-refractivity contribution in [1.82, 2.24) is 0 Å². The van der Waals surface area contributed by atoms with Crippen molar-refractivity contribution in [2.24, 2.45) is 0 Å². The maximum Gasteiger partial charge on any atom is 0.296 e. The van der Waals surface area contributed by atoms with Crippen LogP contribution in [-0.4, -0.2) is 21.4 Å². The van der Waals surface area contributed by atoms with Crippen LogP contribution in [0.5, 0.6) is 0 Å². The average molecular weight is 355 g/mol. The van der Waals surface area contributed by atoms with Crippen LogP contribution in [0, 0.1) is 20.8 Å². The first-order chi connectivity index (χ1) is 10.5. The highest BCUT2D eigenvalue weighted by atomic mass is 32.2. The Morgan fingerprint density at radius 1 is 0.870 bits per heavy atom. The molecule has 0 atom stereocenters. The molecule has 0 saturated carbocycles. The van der Waals surface area contributed by atoms with E-state index in [1.807, 2.05) is 6.92 Å². The van der Waals surface area contributed by atoms with Gasteiger partial charge in [0.1, 0.15) is 4.90 Å². The molecule has 6 nitrogen and oxygen atoms in total. The lowest BCUT2D eigenvalue weighted by Gasteiger charge is -2.15. The highest BCUT2D eigenvalue weighted by molar-refractivity contribution is 7.93. The summed E-state index contributed by atoms with van der Waals surface area (Å²) in [5, 5.41) is 0. The van der Waals surface area contributed by atoms with Crippen LogP contribution >= 0.6 is 0 Å². The molecular weight excluding hydrogens is 338 g/mol. The number of benzene rings is 2. The van der Waals surface area contributed by atoms with Crippen molar-refractivity contribution < 1.29 is 21.4 Å². The molecule has 2 aromatic rings. The van der Waals surface area contributed by atoms with E-state index in [2.05, 4.69) is 4.72 Å². The van der Waals surface area contributed by atoms with Gasteiger partial charge in [-0.3, -0.25) is 9.27 Å². The standard InChI is InChI=1S/C15H17NO5S2/c1-10-4-6-13(7-5-10)22(17,18)16-15-12(3)8-11(2)9-14(15)23(19,20)21/h4-9,16H,1-3H3,(H,19,20,21). The van der Waals surface area contributed by atoms with Crippen molar-refractivity contribution in [1.29, 1.82) is 0 Å². The van der Waals surface area contributed by atoms with E-state index in [0.29, 0.717) is 11.1 Å². The molecule has 2 N–H and O–H groups in total. The van der Waals surface area contributed by atoms with Crippen LogP contribution in [0.4, 0.5) is 5.69 Å². The molecule has 0 heterocycles. The van der Waals surface area contributed by atoms with E-state index < -0.39 is 25.0 Å². The lowest BCUT2D eigenvalue weighted by Crippen LogP contribution is -2.16. The SMILES string of the molecule is Cc1ccc(S(=O)(=O)Nc2c(C)cc(C)cc2S(=O)(=O)O)cc1. The molecule has 0 bridgehead atoms. The molecule has 0 spiro atoms. The monoisotopic (exact) mass is 355 g/mol. The Kier molecular flexibility index (Phi) is 4.52. The maximum atomic E-state index is 12.4. The summed E-state index contributed by atoms with van der Waals surface area (Å²) in [7, 11) is -8.54. The number of hydrogen-bond acceptors (Lipinski definition) is 4. The van der Waals surface area contributed by atoms with Crippen molar-refractivity contribution >= 4 is 25.8 Å². The number of hydrogen-bond donors (Lipinski definition) is 2. The third-order valence-corrected chi connectivity index (χ3v) is 5.53. The van der Waals surface area contributed by atoms with Crippen LogP contribution in [0.25, 0.3) is 0 Å². The maximum absolute atomic E-state index is 12.4. The molecule has 0 radical (unpaired) electrons. The van der Waals surface area contributed by atoms with Gasteiger partial charge in [0.2, 0.25) is 0 Å². The Hall–Kier alpha value is -1.90. The second kappa shape index (κ2) is 5.95.